The van der Waals surface area contributed by atoms with E-state index in [-0.39, 0.29) is 12.6 Å². The van der Waals surface area contributed by atoms with Gasteiger partial charge in [-0.15, -0.1) is 0 Å². The van der Waals surface area contributed by atoms with Crippen LogP contribution in [0.1, 0.15) is 12.5 Å². The van der Waals surface area contributed by atoms with Crippen LogP contribution in [-0.2, 0) is 4.74 Å². The smallest absolute Gasteiger partial charge is 0.165 e. The largest absolute Gasteiger partial charge is 0.394 e. The number of hydrogen-bond donors (Lipinski definition) is 3. The van der Waals surface area contributed by atoms with Crippen molar-refractivity contribution in [3.05, 3.63) is 12.7 Å². The highest BCUT2D eigenvalue weighted by Gasteiger charge is 2.31. The highest BCUT2D eigenvalue weighted by Crippen LogP contribution is 2.27. The van der Waals surface area contributed by atoms with Crippen molar-refractivity contribution in [1.82, 2.24) is 19.5 Å². The molecule has 1 aliphatic heterocycles. The molecule has 1 saturated heterocycles. The third kappa shape index (κ3) is 2.11. The standard InChI is InChI=1S/C12H17N5O3/c1-13-11-10-12(15-5-14-11)17(6-16-10)7-2-8(19)9(3-18)20-4-7/h5-9,18-19H,2-4H2,1H3,(H,13,14,15)/t7-,8-,9+/m0/s1. The molecule has 20 heavy (non-hydrogen) atoms. The predicted octanol–water partition coefficient (Wildman–Crippen LogP) is -0.449. The molecule has 8 nitrogen and oxygen atoms in total. The van der Waals surface area contributed by atoms with Gasteiger partial charge in [-0.25, -0.2) is 15.0 Å². The fourth-order valence-electron chi connectivity index (χ4n) is 2.51. The van der Waals surface area contributed by atoms with Gasteiger partial charge in [0, 0.05) is 7.05 Å². The van der Waals surface area contributed by atoms with Gasteiger partial charge in [-0.2, -0.15) is 0 Å². The zero-order valence-electron chi connectivity index (χ0n) is 11.1. The molecule has 0 spiro atoms. The van der Waals surface area contributed by atoms with Crippen molar-refractivity contribution in [2.24, 2.45) is 0 Å². The Morgan fingerprint density at radius 2 is 2.30 bits per heavy atom. The molecule has 2 aromatic rings. The highest BCUT2D eigenvalue weighted by atomic mass is 16.5. The summed E-state index contributed by atoms with van der Waals surface area (Å²) in [5, 5.41) is 22.0. The van der Waals surface area contributed by atoms with Crippen molar-refractivity contribution in [3.8, 4) is 0 Å². The molecule has 8 heteroatoms. The fraction of sp³-hybridized carbons (Fsp3) is 0.583. The highest BCUT2D eigenvalue weighted by molar-refractivity contribution is 5.82. The molecule has 0 aromatic carbocycles. The minimum absolute atomic E-state index is 0.0580. The number of nitrogens with one attached hydrogen (secondary N) is 1. The van der Waals surface area contributed by atoms with Crippen LogP contribution < -0.4 is 5.32 Å². The second-order valence-corrected chi connectivity index (χ2v) is 4.81. The fourth-order valence-corrected chi connectivity index (χ4v) is 2.51. The Kier molecular flexibility index (Phi) is 3.51. The molecule has 3 atom stereocenters. The van der Waals surface area contributed by atoms with Crippen molar-refractivity contribution in [3.63, 3.8) is 0 Å². The third-order valence-electron chi connectivity index (χ3n) is 3.61. The summed E-state index contributed by atoms with van der Waals surface area (Å²) in [5.74, 6) is 0.666. The van der Waals surface area contributed by atoms with E-state index in [1.165, 1.54) is 6.33 Å². The predicted molar refractivity (Wildman–Crippen MR) is 71.4 cm³/mol. The molecule has 108 valence electrons. The lowest BCUT2D eigenvalue weighted by atomic mass is 10.0. The van der Waals surface area contributed by atoms with Crippen LogP contribution in [0.3, 0.4) is 0 Å². The van der Waals surface area contributed by atoms with Crippen molar-refractivity contribution in [2.45, 2.75) is 24.7 Å². The van der Waals surface area contributed by atoms with Gasteiger partial charge in [0.2, 0.25) is 0 Å². The summed E-state index contributed by atoms with van der Waals surface area (Å²) in [5.41, 5.74) is 1.39. The molecule has 1 fully saturated rings. The Hall–Kier alpha value is -1.77. The number of aromatic nitrogens is 4. The van der Waals surface area contributed by atoms with Crippen molar-refractivity contribution in [1.29, 1.82) is 0 Å². The van der Waals surface area contributed by atoms with Crippen LogP contribution in [0.15, 0.2) is 12.7 Å². The van der Waals surface area contributed by atoms with Crippen LogP contribution in [0.5, 0.6) is 0 Å². The first-order chi connectivity index (χ1) is 9.74. The molecule has 2 aromatic heterocycles. The maximum atomic E-state index is 9.95. The Labute approximate surface area is 115 Å². The molecule has 0 amide bonds. The first-order valence-electron chi connectivity index (χ1n) is 6.50. The van der Waals surface area contributed by atoms with Crippen molar-refractivity contribution < 1.29 is 14.9 Å². The number of imidazole rings is 1. The summed E-state index contributed by atoms with van der Waals surface area (Å²) in [7, 11) is 1.78. The molecule has 0 saturated carbocycles. The second-order valence-electron chi connectivity index (χ2n) is 4.81. The molecular weight excluding hydrogens is 262 g/mol. The van der Waals surface area contributed by atoms with Gasteiger partial charge in [0.15, 0.2) is 11.5 Å². The summed E-state index contributed by atoms with van der Waals surface area (Å²) < 4.78 is 7.36. The monoisotopic (exact) mass is 279 g/mol. The van der Waals surface area contributed by atoms with E-state index in [1.54, 1.807) is 13.4 Å². The molecule has 0 bridgehead atoms. The maximum Gasteiger partial charge on any atom is 0.165 e. The zero-order valence-corrected chi connectivity index (χ0v) is 11.1. The van der Waals surface area contributed by atoms with Gasteiger partial charge in [-0.3, -0.25) is 0 Å². The van der Waals surface area contributed by atoms with Crippen molar-refractivity contribution in [2.75, 3.05) is 25.6 Å². The van der Waals surface area contributed by atoms with E-state index in [0.717, 1.165) is 0 Å². The number of rotatable bonds is 3. The Bertz CT molecular complexity index is 602. The maximum absolute atomic E-state index is 9.95. The summed E-state index contributed by atoms with van der Waals surface area (Å²) >= 11 is 0. The molecule has 0 radical (unpaired) electrons. The number of nitrogens with zero attached hydrogens (tertiary/aromatic N) is 4. The number of fused-ring (bicyclic) bond motifs is 1. The quantitative estimate of drug-likeness (QED) is 0.699. The average molecular weight is 279 g/mol. The summed E-state index contributed by atoms with van der Waals surface area (Å²) in [6.07, 6.45) is 2.45. The van der Waals surface area contributed by atoms with E-state index < -0.39 is 12.2 Å². The molecule has 3 rings (SSSR count). The first-order valence-corrected chi connectivity index (χ1v) is 6.50. The van der Waals surface area contributed by atoms with Gasteiger partial charge in [-0.1, -0.05) is 0 Å². The van der Waals surface area contributed by atoms with Crippen LogP contribution in [0.4, 0.5) is 5.82 Å². The van der Waals surface area contributed by atoms with Crippen LogP contribution in [0.25, 0.3) is 11.2 Å². The van der Waals surface area contributed by atoms with Gasteiger partial charge in [-0.05, 0) is 6.42 Å². The van der Waals surface area contributed by atoms with Gasteiger partial charge in [0.25, 0.3) is 0 Å². The lowest BCUT2D eigenvalue weighted by molar-refractivity contribution is -0.112. The lowest BCUT2D eigenvalue weighted by Crippen LogP contribution is -2.41. The molecule has 3 N–H and O–H groups in total. The van der Waals surface area contributed by atoms with Crippen LogP contribution in [0, 0.1) is 0 Å². The lowest BCUT2D eigenvalue weighted by Gasteiger charge is -2.32. The van der Waals surface area contributed by atoms with Gasteiger partial charge in [0.05, 0.1) is 31.7 Å². The Morgan fingerprint density at radius 3 is 3.00 bits per heavy atom. The average Bonchev–Trinajstić information content (AvgIpc) is 2.91. The number of aliphatic hydroxyl groups excluding tert-OH is 2. The van der Waals surface area contributed by atoms with Gasteiger partial charge in [0.1, 0.15) is 17.9 Å². The molecule has 3 heterocycles. The summed E-state index contributed by atoms with van der Waals surface area (Å²) in [6, 6.07) is -0.0580. The van der Waals surface area contributed by atoms with Gasteiger partial charge >= 0.3 is 0 Å². The molecule has 0 aliphatic carbocycles. The molecular formula is C12H17N5O3. The minimum Gasteiger partial charge on any atom is -0.394 e. The second kappa shape index (κ2) is 5.31. The van der Waals surface area contributed by atoms with E-state index in [2.05, 4.69) is 20.3 Å². The molecule has 1 aliphatic rings. The normalized spacial score (nSPS) is 26.9. The van der Waals surface area contributed by atoms with Crippen molar-refractivity contribution >= 4 is 17.0 Å². The SMILES string of the molecule is CNc1ncnc2c1ncn2[C@@H]1CO[C@H](CO)[C@@H](O)C1. The zero-order chi connectivity index (χ0) is 14.1. The van der Waals surface area contributed by atoms with E-state index >= 15 is 0 Å². The first kappa shape index (κ1) is 13.2. The van der Waals surface area contributed by atoms with E-state index in [9.17, 15) is 5.11 Å². The van der Waals surface area contributed by atoms with E-state index in [1.807, 2.05) is 4.57 Å². The van der Waals surface area contributed by atoms with Crippen LogP contribution in [0.2, 0.25) is 0 Å². The topological polar surface area (TPSA) is 105 Å². The minimum atomic E-state index is -0.693. The number of aliphatic hydroxyl groups is 2. The van der Waals surface area contributed by atoms with Gasteiger partial charge < -0.3 is 24.8 Å². The Morgan fingerprint density at radius 1 is 1.45 bits per heavy atom. The summed E-state index contributed by atoms with van der Waals surface area (Å²) in [4.78, 5) is 12.7. The molecule has 0 unspecified atom stereocenters. The number of anilines is 1. The van der Waals surface area contributed by atoms with Crippen LogP contribution in [-0.4, -0.2) is 62.2 Å². The van der Waals surface area contributed by atoms with E-state index in [4.69, 9.17) is 9.84 Å². The van der Waals surface area contributed by atoms with E-state index in [0.29, 0.717) is 30.0 Å². The van der Waals surface area contributed by atoms with Crippen LogP contribution >= 0.6 is 0 Å². The summed E-state index contributed by atoms with van der Waals surface area (Å²) in [6.45, 7) is 0.233. The third-order valence-corrected chi connectivity index (χ3v) is 3.61. The Balaban J connectivity index is 1.92. The number of hydrogen-bond acceptors (Lipinski definition) is 7. The number of ether oxygens (including phenoxy) is 1.